The van der Waals surface area contributed by atoms with Crippen molar-refractivity contribution in [1.29, 1.82) is 0 Å². The fourth-order valence-electron chi connectivity index (χ4n) is 1.35. The first kappa shape index (κ1) is 15.2. The molecule has 0 bridgehead atoms. The first-order valence-corrected chi connectivity index (χ1v) is 6.88. The van der Waals surface area contributed by atoms with Crippen LogP contribution in [0.25, 0.3) is 0 Å². The van der Waals surface area contributed by atoms with Gasteiger partial charge in [0.2, 0.25) is 10.0 Å². The molecule has 0 radical (unpaired) electrons. The second-order valence-corrected chi connectivity index (χ2v) is 5.77. The molecule has 6 nitrogen and oxygen atoms in total. The Kier molecular flexibility index (Phi) is 4.68. The number of benzene rings is 1. The molecule has 1 rings (SSSR count). The molecule has 1 amide bonds. The Bertz CT molecular complexity index is 608. The van der Waals surface area contributed by atoms with Gasteiger partial charge in [-0.25, -0.2) is 13.1 Å². The van der Waals surface area contributed by atoms with Crippen LogP contribution in [0.15, 0.2) is 35.2 Å². The molecule has 0 saturated heterocycles. The molecule has 0 fully saturated rings. The minimum atomic E-state index is -3.71. The van der Waals surface area contributed by atoms with Gasteiger partial charge in [0, 0.05) is 6.54 Å². The molecule has 0 aliphatic heterocycles. The number of carbonyl (C=O) groups is 1. The quantitative estimate of drug-likeness (QED) is 0.749. The summed E-state index contributed by atoms with van der Waals surface area (Å²) in [5.41, 5.74) is 5.86. The molecule has 1 aromatic carbocycles. The first-order valence-electron chi connectivity index (χ1n) is 5.40. The summed E-state index contributed by atoms with van der Waals surface area (Å²) >= 11 is 0. The summed E-state index contributed by atoms with van der Waals surface area (Å²) < 4.78 is 31.2. The van der Waals surface area contributed by atoms with Crippen LogP contribution >= 0.6 is 0 Å². The maximum Gasteiger partial charge on any atom is 0.252 e. The molecule has 0 unspecified atom stereocenters. The van der Waals surface area contributed by atoms with Gasteiger partial charge in [-0.05, 0) is 25.1 Å². The van der Waals surface area contributed by atoms with Crippen molar-refractivity contribution in [1.82, 2.24) is 4.72 Å². The Labute approximate surface area is 112 Å². The highest BCUT2D eigenvalue weighted by molar-refractivity contribution is 7.89. The number of ether oxygens (including phenoxy) is 1. The molecule has 104 valence electrons. The van der Waals surface area contributed by atoms with Gasteiger partial charge in [-0.2, -0.15) is 0 Å². The van der Waals surface area contributed by atoms with Gasteiger partial charge < -0.3 is 10.5 Å². The van der Waals surface area contributed by atoms with Crippen LogP contribution in [-0.4, -0.2) is 28.0 Å². The largest absolute Gasteiger partial charge is 0.496 e. The molecular formula is C12H16N2O4S. The topological polar surface area (TPSA) is 98.5 Å². The van der Waals surface area contributed by atoms with E-state index in [2.05, 4.69) is 11.3 Å². The molecule has 0 spiro atoms. The molecule has 0 atom stereocenters. The van der Waals surface area contributed by atoms with E-state index in [1.165, 1.54) is 25.3 Å². The Morgan fingerprint density at radius 2 is 2.11 bits per heavy atom. The highest BCUT2D eigenvalue weighted by atomic mass is 32.2. The molecule has 1 aromatic rings. The molecule has 0 saturated carbocycles. The van der Waals surface area contributed by atoms with Crippen LogP contribution in [0.4, 0.5) is 0 Å². The minimum Gasteiger partial charge on any atom is -0.496 e. The fraction of sp³-hybridized carbons (Fsp3) is 0.250. The standard InChI is InChI=1S/C12H16N2O4S/c1-8(2)7-14-19(16,17)9-4-5-11(18-3)10(6-9)12(13)15/h4-6,14H,1,7H2,2-3H3,(H2,13,15). The van der Waals surface area contributed by atoms with Crippen molar-refractivity contribution >= 4 is 15.9 Å². The molecule has 3 N–H and O–H groups in total. The lowest BCUT2D eigenvalue weighted by Gasteiger charge is -2.10. The lowest BCUT2D eigenvalue weighted by molar-refractivity contribution is 0.0997. The van der Waals surface area contributed by atoms with Crippen molar-refractivity contribution in [2.24, 2.45) is 5.73 Å². The molecule has 19 heavy (non-hydrogen) atoms. The summed E-state index contributed by atoms with van der Waals surface area (Å²) in [7, 11) is -2.34. The highest BCUT2D eigenvalue weighted by Crippen LogP contribution is 2.21. The van der Waals surface area contributed by atoms with Crippen LogP contribution in [0.5, 0.6) is 5.75 Å². The molecule has 0 aliphatic rings. The van der Waals surface area contributed by atoms with Crippen LogP contribution in [-0.2, 0) is 10.0 Å². The van der Waals surface area contributed by atoms with Crippen LogP contribution in [0.2, 0.25) is 0 Å². The lowest BCUT2D eigenvalue weighted by atomic mass is 10.2. The fourth-order valence-corrected chi connectivity index (χ4v) is 2.47. The highest BCUT2D eigenvalue weighted by Gasteiger charge is 2.18. The van der Waals surface area contributed by atoms with Crippen molar-refractivity contribution in [3.05, 3.63) is 35.9 Å². The van der Waals surface area contributed by atoms with E-state index in [1.54, 1.807) is 6.92 Å². The van der Waals surface area contributed by atoms with Crippen LogP contribution < -0.4 is 15.2 Å². The normalized spacial score (nSPS) is 11.1. The predicted molar refractivity (Wildman–Crippen MR) is 71.5 cm³/mol. The van der Waals surface area contributed by atoms with E-state index >= 15 is 0 Å². The summed E-state index contributed by atoms with van der Waals surface area (Å²) in [4.78, 5) is 11.2. The number of nitrogens with two attached hydrogens (primary N) is 1. The number of rotatable bonds is 6. The number of amides is 1. The van der Waals surface area contributed by atoms with Gasteiger partial charge in [-0.15, -0.1) is 0 Å². The number of methoxy groups -OCH3 is 1. The van der Waals surface area contributed by atoms with Gasteiger partial charge in [-0.1, -0.05) is 12.2 Å². The summed E-state index contributed by atoms with van der Waals surface area (Å²) in [6, 6.07) is 3.91. The monoisotopic (exact) mass is 284 g/mol. The maximum atomic E-state index is 12.0. The predicted octanol–water partition coefficient (Wildman–Crippen LogP) is 0.648. The second kappa shape index (κ2) is 5.85. The third-order valence-corrected chi connectivity index (χ3v) is 3.71. The first-order chi connectivity index (χ1) is 8.77. The Balaban J connectivity index is 3.18. The summed E-state index contributed by atoms with van der Waals surface area (Å²) in [6.45, 7) is 5.43. The second-order valence-electron chi connectivity index (χ2n) is 4.01. The third kappa shape index (κ3) is 3.80. The number of nitrogens with one attached hydrogen (secondary N) is 1. The van der Waals surface area contributed by atoms with Crippen molar-refractivity contribution in [2.45, 2.75) is 11.8 Å². The number of primary amides is 1. The summed E-state index contributed by atoms with van der Waals surface area (Å²) in [5.74, 6) is -0.528. The van der Waals surface area contributed by atoms with E-state index in [1.807, 2.05) is 0 Å². The van der Waals surface area contributed by atoms with Crippen LogP contribution in [0, 0.1) is 0 Å². The van der Waals surface area contributed by atoms with E-state index in [4.69, 9.17) is 10.5 Å². The third-order valence-electron chi connectivity index (χ3n) is 2.31. The number of carbonyl (C=O) groups excluding carboxylic acids is 1. The Morgan fingerprint density at radius 1 is 1.47 bits per heavy atom. The average Bonchev–Trinajstić information content (AvgIpc) is 2.35. The van der Waals surface area contributed by atoms with Crippen molar-refractivity contribution < 1.29 is 17.9 Å². The van der Waals surface area contributed by atoms with Crippen LogP contribution in [0.1, 0.15) is 17.3 Å². The van der Waals surface area contributed by atoms with Crippen molar-refractivity contribution in [3.63, 3.8) is 0 Å². The van der Waals surface area contributed by atoms with Gasteiger partial charge in [0.15, 0.2) is 0 Å². The van der Waals surface area contributed by atoms with Gasteiger partial charge >= 0.3 is 0 Å². The van der Waals surface area contributed by atoms with E-state index in [0.717, 1.165) is 0 Å². The SMILES string of the molecule is C=C(C)CNS(=O)(=O)c1ccc(OC)c(C(N)=O)c1. The molecule has 0 heterocycles. The number of sulfonamides is 1. The van der Waals surface area contributed by atoms with Crippen LogP contribution in [0.3, 0.4) is 0 Å². The number of hydrogen-bond acceptors (Lipinski definition) is 4. The van der Waals surface area contributed by atoms with E-state index < -0.39 is 15.9 Å². The van der Waals surface area contributed by atoms with Gasteiger partial charge in [0.25, 0.3) is 5.91 Å². The molecular weight excluding hydrogens is 268 g/mol. The van der Waals surface area contributed by atoms with E-state index in [0.29, 0.717) is 5.57 Å². The summed E-state index contributed by atoms with van der Waals surface area (Å²) in [5, 5.41) is 0. The van der Waals surface area contributed by atoms with Crippen molar-refractivity contribution in [2.75, 3.05) is 13.7 Å². The zero-order valence-corrected chi connectivity index (χ0v) is 11.6. The molecule has 7 heteroatoms. The Hall–Kier alpha value is -1.86. The van der Waals surface area contributed by atoms with Gasteiger partial charge in [0.1, 0.15) is 5.75 Å². The number of hydrogen-bond donors (Lipinski definition) is 2. The van der Waals surface area contributed by atoms with E-state index in [9.17, 15) is 13.2 Å². The lowest BCUT2D eigenvalue weighted by Crippen LogP contribution is -2.25. The average molecular weight is 284 g/mol. The Morgan fingerprint density at radius 3 is 2.58 bits per heavy atom. The molecule has 0 aliphatic carbocycles. The van der Waals surface area contributed by atoms with Gasteiger partial charge in [-0.3, -0.25) is 4.79 Å². The summed E-state index contributed by atoms with van der Waals surface area (Å²) in [6.07, 6.45) is 0. The van der Waals surface area contributed by atoms with Crippen molar-refractivity contribution in [3.8, 4) is 5.75 Å². The molecule has 0 aromatic heterocycles. The zero-order valence-electron chi connectivity index (χ0n) is 10.8. The van der Waals surface area contributed by atoms with E-state index in [-0.39, 0.29) is 22.8 Å². The van der Waals surface area contributed by atoms with Gasteiger partial charge in [0.05, 0.1) is 17.6 Å². The minimum absolute atomic E-state index is 0.0145. The maximum absolute atomic E-state index is 12.0. The zero-order chi connectivity index (χ0) is 14.6. The smallest absolute Gasteiger partial charge is 0.252 e.